The SMILES string of the molecule is Cc1cc(S(N)(=O)=O)co1. The minimum absolute atomic E-state index is 0.0185. The van der Waals surface area contributed by atoms with E-state index in [4.69, 9.17) is 9.56 Å². The van der Waals surface area contributed by atoms with Gasteiger partial charge in [0.2, 0.25) is 10.0 Å². The Morgan fingerprint density at radius 3 is 2.40 bits per heavy atom. The Morgan fingerprint density at radius 1 is 1.60 bits per heavy atom. The van der Waals surface area contributed by atoms with Crippen LogP contribution in [0.2, 0.25) is 0 Å². The van der Waals surface area contributed by atoms with E-state index >= 15 is 0 Å². The largest absolute Gasteiger partial charge is 0.468 e. The van der Waals surface area contributed by atoms with Gasteiger partial charge < -0.3 is 4.42 Å². The van der Waals surface area contributed by atoms with Gasteiger partial charge in [-0.1, -0.05) is 0 Å². The first-order chi connectivity index (χ1) is 4.50. The Kier molecular flexibility index (Phi) is 1.53. The van der Waals surface area contributed by atoms with Crippen LogP contribution in [-0.4, -0.2) is 8.42 Å². The van der Waals surface area contributed by atoms with Crippen molar-refractivity contribution in [1.82, 2.24) is 0 Å². The van der Waals surface area contributed by atoms with Crippen LogP contribution in [0.3, 0.4) is 0 Å². The first-order valence-electron chi connectivity index (χ1n) is 2.58. The Hall–Kier alpha value is -0.810. The number of aryl methyl sites for hydroxylation is 1. The monoisotopic (exact) mass is 161 g/mol. The van der Waals surface area contributed by atoms with Crippen molar-refractivity contribution in [1.29, 1.82) is 0 Å². The molecule has 0 aromatic carbocycles. The van der Waals surface area contributed by atoms with Crippen molar-refractivity contribution in [2.75, 3.05) is 0 Å². The third kappa shape index (κ3) is 1.37. The molecule has 1 aromatic rings. The van der Waals surface area contributed by atoms with Crippen LogP contribution in [0.25, 0.3) is 0 Å². The number of hydrogen-bond donors (Lipinski definition) is 1. The van der Waals surface area contributed by atoms with Crippen LogP contribution in [0.5, 0.6) is 0 Å². The summed E-state index contributed by atoms with van der Waals surface area (Å²) in [6.07, 6.45) is 1.12. The minimum Gasteiger partial charge on any atom is -0.468 e. The van der Waals surface area contributed by atoms with Crippen molar-refractivity contribution in [3.05, 3.63) is 18.1 Å². The maximum absolute atomic E-state index is 10.6. The van der Waals surface area contributed by atoms with Gasteiger partial charge in [-0.25, -0.2) is 13.6 Å². The molecule has 0 spiro atoms. The fourth-order valence-electron chi connectivity index (χ4n) is 0.569. The molecule has 56 valence electrons. The summed E-state index contributed by atoms with van der Waals surface area (Å²) in [7, 11) is -3.58. The van der Waals surface area contributed by atoms with E-state index in [9.17, 15) is 8.42 Å². The predicted octanol–water partition coefficient (Wildman–Crippen LogP) is 0.235. The van der Waals surface area contributed by atoms with Crippen LogP contribution in [0.15, 0.2) is 21.6 Å². The van der Waals surface area contributed by atoms with Gasteiger partial charge in [-0.05, 0) is 13.0 Å². The standard InChI is InChI=1S/C5H7NO3S/c1-4-2-5(3-9-4)10(6,7)8/h2-3H,1H3,(H2,6,7,8). The fraction of sp³-hybridized carbons (Fsp3) is 0.200. The summed E-state index contributed by atoms with van der Waals surface area (Å²) in [4.78, 5) is 0.0185. The lowest BCUT2D eigenvalue weighted by Crippen LogP contribution is -2.10. The molecule has 0 amide bonds. The van der Waals surface area contributed by atoms with Crippen molar-refractivity contribution in [3.63, 3.8) is 0 Å². The van der Waals surface area contributed by atoms with Gasteiger partial charge in [0, 0.05) is 0 Å². The quantitative estimate of drug-likeness (QED) is 0.641. The molecule has 5 heteroatoms. The second kappa shape index (κ2) is 2.10. The van der Waals surface area contributed by atoms with Crippen molar-refractivity contribution in [2.24, 2.45) is 5.14 Å². The zero-order chi connectivity index (χ0) is 7.78. The Balaban J connectivity index is 3.21. The maximum atomic E-state index is 10.6. The topological polar surface area (TPSA) is 73.3 Å². The highest BCUT2D eigenvalue weighted by atomic mass is 32.2. The molecule has 2 N–H and O–H groups in total. The summed E-state index contributed by atoms with van der Waals surface area (Å²) in [5.41, 5.74) is 0. The minimum atomic E-state index is -3.58. The molecule has 1 heterocycles. The summed E-state index contributed by atoms with van der Waals surface area (Å²) >= 11 is 0. The van der Waals surface area contributed by atoms with Crippen molar-refractivity contribution < 1.29 is 12.8 Å². The molecule has 1 rings (SSSR count). The van der Waals surface area contributed by atoms with Crippen LogP contribution >= 0.6 is 0 Å². The zero-order valence-corrected chi connectivity index (χ0v) is 6.18. The molecule has 1 aromatic heterocycles. The molecule has 10 heavy (non-hydrogen) atoms. The van der Waals surface area contributed by atoms with Crippen molar-refractivity contribution in [3.8, 4) is 0 Å². The number of furan rings is 1. The van der Waals surface area contributed by atoms with Crippen LogP contribution in [0.1, 0.15) is 5.76 Å². The lowest BCUT2D eigenvalue weighted by molar-refractivity contribution is 0.527. The van der Waals surface area contributed by atoms with Gasteiger partial charge in [0.1, 0.15) is 16.9 Å². The fourth-order valence-corrected chi connectivity index (χ4v) is 1.08. The summed E-state index contributed by atoms with van der Waals surface area (Å²) in [5, 5.41) is 4.78. The van der Waals surface area contributed by atoms with E-state index in [-0.39, 0.29) is 4.90 Å². The van der Waals surface area contributed by atoms with E-state index < -0.39 is 10.0 Å². The lowest BCUT2D eigenvalue weighted by Gasteiger charge is -1.85. The number of hydrogen-bond acceptors (Lipinski definition) is 3. The molecule has 0 radical (unpaired) electrons. The molecule has 0 aliphatic carbocycles. The van der Waals surface area contributed by atoms with Crippen molar-refractivity contribution in [2.45, 2.75) is 11.8 Å². The average Bonchev–Trinajstić information content (AvgIpc) is 2.11. The van der Waals surface area contributed by atoms with Gasteiger partial charge in [-0.2, -0.15) is 0 Å². The third-order valence-corrected chi connectivity index (χ3v) is 1.91. The van der Waals surface area contributed by atoms with Gasteiger partial charge in [-0.15, -0.1) is 0 Å². The second-order valence-electron chi connectivity index (χ2n) is 1.94. The van der Waals surface area contributed by atoms with Crippen LogP contribution in [0, 0.1) is 6.92 Å². The summed E-state index contributed by atoms with van der Waals surface area (Å²) in [6, 6.07) is 1.37. The maximum Gasteiger partial charge on any atom is 0.241 e. The van der Waals surface area contributed by atoms with Gasteiger partial charge in [-0.3, -0.25) is 0 Å². The number of sulfonamides is 1. The molecule has 0 saturated heterocycles. The highest BCUT2D eigenvalue weighted by Gasteiger charge is 2.09. The van der Waals surface area contributed by atoms with Crippen molar-refractivity contribution >= 4 is 10.0 Å². The predicted molar refractivity (Wildman–Crippen MR) is 34.8 cm³/mol. The number of primary sulfonamides is 1. The highest BCUT2D eigenvalue weighted by Crippen LogP contribution is 2.09. The molecule has 0 fully saturated rings. The van der Waals surface area contributed by atoms with Crippen LogP contribution in [-0.2, 0) is 10.0 Å². The van der Waals surface area contributed by atoms with E-state index in [0.29, 0.717) is 5.76 Å². The highest BCUT2D eigenvalue weighted by molar-refractivity contribution is 7.89. The molecule has 0 unspecified atom stereocenters. The Labute approximate surface area is 58.7 Å². The molecule has 0 aliphatic heterocycles. The Morgan fingerprint density at radius 2 is 2.20 bits per heavy atom. The Bertz CT molecular complexity index is 324. The average molecular weight is 161 g/mol. The van der Waals surface area contributed by atoms with Gasteiger partial charge >= 0.3 is 0 Å². The first kappa shape index (κ1) is 7.30. The molecule has 0 bridgehead atoms. The number of rotatable bonds is 1. The molecule has 0 atom stereocenters. The van der Waals surface area contributed by atoms with Crippen LogP contribution < -0.4 is 5.14 Å². The van der Waals surface area contributed by atoms with Crippen LogP contribution in [0.4, 0.5) is 0 Å². The molecule has 0 aliphatic rings. The molecule has 0 saturated carbocycles. The third-order valence-electron chi connectivity index (χ3n) is 1.04. The van der Waals surface area contributed by atoms with Gasteiger partial charge in [0.15, 0.2) is 0 Å². The smallest absolute Gasteiger partial charge is 0.241 e. The van der Waals surface area contributed by atoms with E-state index in [1.807, 2.05) is 0 Å². The van der Waals surface area contributed by atoms with E-state index in [0.717, 1.165) is 6.26 Å². The summed E-state index contributed by atoms with van der Waals surface area (Å²) in [5.74, 6) is 0.532. The van der Waals surface area contributed by atoms with E-state index in [1.54, 1.807) is 6.92 Å². The normalized spacial score (nSPS) is 11.8. The van der Waals surface area contributed by atoms with E-state index in [1.165, 1.54) is 6.07 Å². The molecular formula is C5H7NO3S. The second-order valence-corrected chi connectivity index (χ2v) is 3.50. The molecular weight excluding hydrogens is 154 g/mol. The first-order valence-corrected chi connectivity index (χ1v) is 4.13. The van der Waals surface area contributed by atoms with E-state index in [2.05, 4.69) is 0 Å². The van der Waals surface area contributed by atoms with Gasteiger partial charge in [0.25, 0.3) is 0 Å². The summed E-state index contributed by atoms with van der Waals surface area (Å²) < 4.78 is 25.9. The van der Waals surface area contributed by atoms with Gasteiger partial charge in [0.05, 0.1) is 0 Å². The number of nitrogens with two attached hydrogens (primary N) is 1. The zero-order valence-electron chi connectivity index (χ0n) is 5.37. The summed E-state index contributed by atoms with van der Waals surface area (Å²) in [6.45, 7) is 1.65. The molecule has 4 nitrogen and oxygen atoms in total. The lowest BCUT2D eigenvalue weighted by atomic mass is 10.5.